The molecule has 4 aromatic rings. The van der Waals surface area contributed by atoms with Crippen LogP contribution < -0.4 is 5.32 Å². The number of aromatic nitrogens is 2. The highest BCUT2D eigenvalue weighted by Crippen LogP contribution is 2.28. The smallest absolute Gasteiger partial charge is 0.228 e. The third-order valence-electron chi connectivity index (χ3n) is 4.64. The second-order valence-electron chi connectivity index (χ2n) is 6.80. The molecule has 0 aliphatic heterocycles. The van der Waals surface area contributed by atoms with E-state index in [0.717, 1.165) is 33.7 Å². The molecule has 2 aromatic heterocycles. The highest BCUT2D eigenvalue weighted by molar-refractivity contribution is 5.96. The average molecular weight is 355 g/mol. The number of benzene rings is 2. The maximum Gasteiger partial charge on any atom is 0.228 e. The highest BCUT2D eigenvalue weighted by atomic mass is 16.1. The Balaban J connectivity index is 1.61. The van der Waals surface area contributed by atoms with Gasteiger partial charge in [-0.25, -0.2) is 4.98 Å². The molecular formula is C23H21N3O. The number of pyridine rings is 1. The minimum absolute atomic E-state index is 0.0359. The molecule has 2 heterocycles. The van der Waals surface area contributed by atoms with Crippen LogP contribution in [0.1, 0.15) is 16.7 Å². The molecule has 4 nitrogen and oxygen atoms in total. The number of amides is 1. The molecule has 27 heavy (non-hydrogen) atoms. The summed E-state index contributed by atoms with van der Waals surface area (Å²) in [5.74, 6) is -0.0359. The molecule has 4 heteroatoms. The largest absolute Gasteiger partial charge is 0.325 e. The first-order chi connectivity index (χ1) is 13.1. The van der Waals surface area contributed by atoms with E-state index in [4.69, 9.17) is 4.98 Å². The average Bonchev–Trinajstić information content (AvgIpc) is 3.09. The lowest BCUT2D eigenvalue weighted by Gasteiger charge is -2.09. The van der Waals surface area contributed by atoms with Gasteiger partial charge >= 0.3 is 0 Å². The van der Waals surface area contributed by atoms with Crippen molar-refractivity contribution in [3.63, 3.8) is 0 Å². The van der Waals surface area contributed by atoms with Crippen LogP contribution in [-0.2, 0) is 11.2 Å². The van der Waals surface area contributed by atoms with E-state index in [2.05, 4.69) is 5.32 Å². The summed E-state index contributed by atoms with van der Waals surface area (Å²) in [6, 6.07) is 19.9. The van der Waals surface area contributed by atoms with E-state index >= 15 is 0 Å². The Hall–Kier alpha value is -3.40. The third-order valence-corrected chi connectivity index (χ3v) is 4.64. The molecule has 0 saturated carbocycles. The van der Waals surface area contributed by atoms with Crippen LogP contribution in [0.25, 0.3) is 16.9 Å². The number of anilines is 1. The molecule has 0 aliphatic carbocycles. The van der Waals surface area contributed by atoms with E-state index in [-0.39, 0.29) is 5.91 Å². The predicted molar refractivity (Wildman–Crippen MR) is 109 cm³/mol. The molecular weight excluding hydrogens is 334 g/mol. The summed E-state index contributed by atoms with van der Waals surface area (Å²) in [6.45, 7) is 4.08. The second kappa shape index (κ2) is 7.08. The van der Waals surface area contributed by atoms with Gasteiger partial charge in [-0.1, -0.05) is 54.1 Å². The Kier molecular flexibility index (Phi) is 4.47. The van der Waals surface area contributed by atoms with Gasteiger partial charge in [0.15, 0.2) is 0 Å². The lowest BCUT2D eigenvalue weighted by molar-refractivity contribution is -0.115. The summed E-state index contributed by atoms with van der Waals surface area (Å²) in [5.41, 5.74) is 6.76. The van der Waals surface area contributed by atoms with Crippen LogP contribution in [-0.4, -0.2) is 15.3 Å². The number of imidazole rings is 1. The van der Waals surface area contributed by atoms with Crippen LogP contribution >= 0.6 is 0 Å². The second-order valence-corrected chi connectivity index (χ2v) is 6.80. The quantitative estimate of drug-likeness (QED) is 0.571. The summed E-state index contributed by atoms with van der Waals surface area (Å²) in [7, 11) is 0. The first-order valence-electron chi connectivity index (χ1n) is 8.99. The molecule has 0 bridgehead atoms. The van der Waals surface area contributed by atoms with Crippen LogP contribution in [0.4, 0.5) is 5.69 Å². The number of hydrogen-bond donors (Lipinski definition) is 1. The summed E-state index contributed by atoms with van der Waals surface area (Å²) in [4.78, 5) is 17.3. The fourth-order valence-electron chi connectivity index (χ4n) is 3.18. The van der Waals surface area contributed by atoms with E-state index in [0.29, 0.717) is 6.42 Å². The van der Waals surface area contributed by atoms with Gasteiger partial charge in [0.1, 0.15) is 5.65 Å². The van der Waals surface area contributed by atoms with Crippen molar-refractivity contribution in [1.82, 2.24) is 9.38 Å². The van der Waals surface area contributed by atoms with Gasteiger partial charge in [-0.3, -0.25) is 4.79 Å². The Morgan fingerprint density at radius 3 is 2.56 bits per heavy atom. The molecule has 0 unspecified atom stereocenters. The van der Waals surface area contributed by atoms with E-state index in [1.165, 1.54) is 5.56 Å². The minimum atomic E-state index is -0.0359. The number of carbonyl (C=O) groups is 1. The van der Waals surface area contributed by atoms with Gasteiger partial charge in [-0.05, 0) is 37.1 Å². The zero-order chi connectivity index (χ0) is 18.8. The summed E-state index contributed by atoms with van der Waals surface area (Å²) >= 11 is 0. The van der Waals surface area contributed by atoms with Gasteiger partial charge in [0.05, 0.1) is 17.8 Å². The van der Waals surface area contributed by atoms with Crippen molar-refractivity contribution in [2.75, 3.05) is 5.32 Å². The van der Waals surface area contributed by atoms with Crippen LogP contribution in [0.3, 0.4) is 0 Å². The molecule has 0 aliphatic rings. The van der Waals surface area contributed by atoms with Gasteiger partial charge in [-0.2, -0.15) is 0 Å². The number of hydrogen-bond acceptors (Lipinski definition) is 2. The third kappa shape index (κ3) is 3.60. The molecule has 0 atom stereocenters. The number of rotatable bonds is 4. The molecule has 0 radical (unpaired) electrons. The molecule has 1 amide bonds. The van der Waals surface area contributed by atoms with E-state index in [1.807, 2.05) is 91.3 Å². The summed E-state index contributed by atoms with van der Waals surface area (Å²) < 4.78 is 2.01. The topological polar surface area (TPSA) is 46.4 Å². The zero-order valence-corrected chi connectivity index (χ0v) is 15.4. The molecule has 2 aromatic carbocycles. The number of fused-ring (bicyclic) bond motifs is 1. The normalized spacial score (nSPS) is 10.9. The van der Waals surface area contributed by atoms with Crippen LogP contribution in [0, 0.1) is 13.8 Å². The number of nitrogens with zero attached hydrogens (tertiary/aromatic N) is 2. The molecule has 134 valence electrons. The van der Waals surface area contributed by atoms with Gasteiger partial charge in [0, 0.05) is 18.0 Å². The van der Waals surface area contributed by atoms with Crippen molar-refractivity contribution in [1.29, 1.82) is 0 Å². The SMILES string of the molecule is Cc1ccc(CC(=O)Nc2ccccc2-c2cn3cccc(C)c3n2)cc1. The lowest BCUT2D eigenvalue weighted by Crippen LogP contribution is -2.15. The Morgan fingerprint density at radius 2 is 1.78 bits per heavy atom. The predicted octanol–water partition coefficient (Wildman–Crippen LogP) is 4.80. The van der Waals surface area contributed by atoms with Gasteiger partial charge in [-0.15, -0.1) is 0 Å². The van der Waals surface area contributed by atoms with E-state index in [9.17, 15) is 4.79 Å². The monoisotopic (exact) mass is 355 g/mol. The number of carbonyl (C=O) groups excluding carboxylic acids is 1. The van der Waals surface area contributed by atoms with Crippen LogP contribution in [0.2, 0.25) is 0 Å². The van der Waals surface area contributed by atoms with Gasteiger partial charge in [0.2, 0.25) is 5.91 Å². The van der Waals surface area contributed by atoms with Crippen molar-refractivity contribution in [2.45, 2.75) is 20.3 Å². The molecule has 0 saturated heterocycles. The van der Waals surface area contributed by atoms with Gasteiger partial charge < -0.3 is 9.72 Å². The lowest BCUT2D eigenvalue weighted by atomic mass is 10.1. The molecule has 0 fully saturated rings. The zero-order valence-electron chi connectivity index (χ0n) is 15.4. The van der Waals surface area contributed by atoms with E-state index in [1.54, 1.807) is 0 Å². The Bertz CT molecular complexity index is 1110. The maximum absolute atomic E-state index is 12.5. The Morgan fingerprint density at radius 1 is 1.00 bits per heavy atom. The standard InChI is InChI=1S/C23H21N3O/c1-16-9-11-18(12-10-16)14-22(27)24-20-8-4-3-7-19(20)21-15-26-13-5-6-17(2)23(26)25-21/h3-13,15H,14H2,1-2H3,(H,24,27). The van der Waals surface area contributed by atoms with Crippen LogP contribution in [0.15, 0.2) is 73.1 Å². The Labute approximate surface area is 158 Å². The molecule has 1 N–H and O–H groups in total. The minimum Gasteiger partial charge on any atom is -0.325 e. The first kappa shape index (κ1) is 17.0. The fraction of sp³-hybridized carbons (Fsp3) is 0.130. The molecule has 4 rings (SSSR count). The highest BCUT2D eigenvalue weighted by Gasteiger charge is 2.12. The van der Waals surface area contributed by atoms with Crippen molar-refractivity contribution in [2.24, 2.45) is 0 Å². The van der Waals surface area contributed by atoms with Gasteiger partial charge in [0.25, 0.3) is 0 Å². The number of nitrogens with one attached hydrogen (secondary N) is 1. The van der Waals surface area contributed by atoms with Crippen molar-refractivity contribution < 1.29 is 4.79 Å². The van der Waals surface area contributed by atoms with Crippen molar-refractivity contribution >= 4 is 17.2 Å². The van der Waals surface area contributed by atoms with Crippen LogP contribution in [0.5, 0.6) is 0 Å². The van der Waals surface area contributed by atoms with Crippen molar-refractivity contribution in [3.8, 4) is 11.3 Å². The summed E-state index contributed by atoms with van der Waals surface area (Å²) in [6.07, 6.45) is 4.32. The fourth-order valence-corrected chi connectivity index (χ4v) is 3.18. The van der Waals surface area contributed by atoms with Crippen molar-refractivity contribution in [3.05, 3.63) is 89.7 Å². The number of para-hydroxylation sites is 1. The first-order valence-corrected chi connectivity index (χ1v) is 8.99. The molecule has 0 spiro atoms. The number of aryl methyl sites for hydroxylation is 2. The summed E-state index contributed by atoms with van der Waals surface area (Å²) in [5, 5.41) is 3.04. The maximum atomic E-state index is 12.5. The van der Waals surface area contributed by atoms with E-state index < -0.39 is 0 Å².